The predicted molar refractivity (Wildman–Crippen MR) is 125 cm³/mol. The van der Waals surface area contributed by atoms with Crippen molar-refractivity contribution >= 4 is 22.5 Å². The van der Waals surface area contributed by atoms with Crippen molar-refractivity contribution in [2.75, 3.05) is 18.0 Å². The molecule has 1 fully saturated rings. The van der Waals surface area contributed by atoms with E-state index in [4.69, 9.17) is 4.74 Å². The van der Waals surface area contributed by atoms with E-state index in [9.17, 15) is 14.7 Å². The number of carbonyl (C=O) groups excluding carboxylic acids is 1. The number of morpholine rings is 1. The molecule has 0 bridgehead atoms. The lowest BCUT2D eigenvalue weighted by Gasteiger charge is -2.37. The molecule has 7 heteroatoms. The highest BCUT2D eigenvalue weighted by atomic mass is 16.5. The first-order valence-electron chi connectivity index (χ1n) is 10.9. The van der Waals surface area contributed by atoms with Gasteiger partial charge in [-0.05, 0) is 44.5 Å². The number of anilines is 1. The third kappa shape index (κ3) is 4.08. The number of pyridine rings is 1. The number of hydrogen-bond donors (Lipinski definition) is 2. The van der Waals surface area contributed by atoms with Gasteiger partial charge in [-0.1, -0.05) is 30.3 Å². The third-order valence-electron chi connectivity index (χ3n) is 6.01. The van der Waals surface area contributed by atoms with E-state index in [-0.39, 0.29) is 23.8 Å². The number of nitrogens with one attached hydrogen (secondary N) is 1. The number of ether oxygens (including phenoxy) is 1. The van der Waals surface area contributed by atoms with Gasteiger partial charge in [0.05, 0.1) is 29.3 Å². The number of carbonyl (C=O) groups is 1. The summed E-state index contributed by atoms with van der Waals surface area (Å²) in [7, 11) is 1.58. The van der Waals surface area contributed by atoms with Crippen LogP contribution in [0.2, 0.25) is 0 Å². The molecular weight excluding hydrogens is 406 g/mol. The average molecular weight is 436 g/mol. The van der Waals surface area contributed by atoms with E-state index < -0.39 is 17.2 Å². The number of aromatic nitrogens is 1. The lowest BCUT2D eigenvalue weighted by molar-refractivity contribution is -0.00522. The number of aromatic hydroxyl groups is 1. The Morgan fingerprint density at radius 2 is 1.81 bits per heavy atom. The van der Waals surface area contributed by atoms with Crippen LogP contribution in [0.15, 0.2) is 53.3 Å². The number of hydrogen-bond acceptors (Lipinski definition) is 5. The summed E-state index contributed by atoms with van der Waals surface area (Å²) in [4.78, 5) is 27.9. The zero-order valence-electron chi connectivity index (χ0n) is 18.8. The molecule has 0 saturated carbocycles. The van der Waals surface area contributed by atoms with Crippen LogP contribution in [0.3, 0.4) is 0 Å². The standard InChI is InChI=1S/C25H29N3O4/c1-15-13-28(14-16(2)32-15)19-9-7-8-18(12-19)17(3)26-24(30)22-20-10-5-6-11-21(20)27(4)25(31)23(22)29/h5-12,15-17,29H,13-14H2,1-4H3,(H,26,30)/t15-,16+,17?. The molecular formula is C25H29N3O4. The Hall–Kier alpha value is -3.32. The molecule has 0 aliphatic carbocycles. The molecule has 32 heavy (non-hydrogen) atoms. The summed E-state index contributed by atoms with van der Waals surface area (Å²) < 4.78 is 7.18. The lowest BCUT2D eigenvalue weighted by Crippen LogP contribution is -2.45. The summed E-state index contributed by atoms with van der Waals surface area (Å²) in [6.07, 6.45) is 0.299. The fourth-order valence-corrected chi connectivity index (χ4v) is 4.44. The molecule has 1 unspecified atom stereocenters. The van der Waals surface area contributed by atoms with Gasteiger partial charge in [0.2, 0.25) is 0 Å². The Morgan fingerprint density at radius 1 is 1.12 bits per heavy atom. The minimum absolute atomic E-state index is 0.00235. The van der Waals surface area contributed by atoms with Crippen LogP contribution >= 0.6 is 0 Å². The van der Waals surface area contributed by atoms with Crippen LogP contribution in [0.5, 0.6) is 5.75 Å². The second-order valence-corrected chi connectivity index (χ2v) is 8.56. The molecule has 1 aliphatic heterocycles. The average Bonchev–Trinajstić information content (AvgIpc) is 2.77. The molecule has 4 rings (SSSR count). The zero-order valence-corrected chi connectivity index (χ0v) is 18.8. The van der Waals surface area contributed by atoms with Gasteiger partial charge in [-0.25, -0.2) is 0 Å². The quantitative estimate of drug-likeness (QED) is 0.657. The first-order chi connectivity index (χ1) is 15.3. The largest absolute Gasteiger partial charge is 0.502 e. The Morgan fingerprint density at radius 3 is 2.53 bits per heavy atom. The van der Waals surface area contributed by atoms with Gasteiger partial charge in [0, 0.05) is 31.2 Å². The van der Waals surface area contributed by atoms with Crippen LogP contribution in [-0.2, 0) is 11.8 Å². The van der Waals surface area contributed by atoms with E-state index in [1.54, 1.807) is 31.3 Å². The Bertz CT molecular complexity index is 1210. The topological polar surface area (TPSA) is 83.8 Å². The van der Waals surface area contributed by atoms with Crippen LogP contribution in [0.4, 0.5) is 5.69 Å². The highest BCUT2D eigenvalue weighted by molar-refractivity contribution is 6.08. The van der Waals surface area contributed by atoms with E-state index in [0.29, 0.717) is 10.9 Å². The molecule has 7 nitrogen and oxygen atoms in total. The Balaban J connectivity index is 1.61. The van der Waals surface area contributed by atoms with Crippen molar-refractivity contribution in [1.82, 2.24) is 9.88 Å². The minimum Gasteiger partial charge on any atom is -0.502 e. The smallest absolute Gasteiger partial charge is 0.293 e. The lowest BCUT2D eigenvalue weighted by atomic mass is 10.0. The van der Waals surface area contributed by atoms with Gasteiger partial charge in [-0.15, -0.1) is 0 Å². The monoisotopic (exact) mass is 435 g/mol. The fraction of sp³-hybridized carbons (Fsp3) is 0.360. The summed E-state index contributed by atoms with van der Waals surface area (Å²) in [6, 6.07) is 14.8. The molecule has 168 valence electrons. The molecule has 3 aromatic rings. The van der Waals surface area contributed by atoms with E-state index in [2.05, 4.69) is 36.2 Å². The molecule has 1 aliphatic rings. The summed E-state index contributed by atoms with van der Waals surface area (Å²) >= 11 is 0. The third-order valence-corrected chi connectivity index (χ3v) is 6.01. The molecule has 2 N–H and O–H groups in total. The van der Waals surface area contributed by atoms with Crippen molar-refractivity contribution < 1.29 is 14.6 Å². The van der Waals surface area contributed by atoms with Crippen molar-refractivity contribution in [3.8, 4) is 5.75 Å². The summed E-state index contributed by atoms with van der Waals surface area (Å²) in [5.41, 5.74) is 2.01. The number of benzene rings is 2. The molecule has 1 saturated heterocycles. The van der Waals surface area contributed by atoms with Gasteiger partial charge in [-0.2, -0.15) is 0 Å². The van der Waals surface area contributed by atoms with E-state index in [1.807, 2.05) is 19.1 Å². The maximum atomic E-state index is 13.2. The van der Waals surface area contributed by atoms with Gasteiger partial charge >= 0.3 is 0 Å². The molecule has 3 atom stereocenters. The SMILES string of the molecule is CC(NC(=O)c1c(O)c(=O)n(C)c2ccccc12)c1cccc(N2C[C@@H](C)O[C@@H](C)C2)c1. The minimum atomic E-state index is -0.598. The Kier molecular flexibility index (Phi) is 5.93. The van der Waals surface area contributed by atoms with E-state index in [0.717, 1.165) is 24.3 Å². The van der Waals surface area contributed by atoms with Crippen molar-refractivity contribution in [2.45, 2.75) is 39.0 Å². The van der Waals surface area contributed by atoms with E-state index >= 15 is 0 Å². The van der Waals surface area contributed by atoms with Gasteiger partial charge in [-0.3, -0.25) is 9.59 Å². The normalized spacial score (nSPS) is 19.7. The molecule has 1 amide bonds. The zero-order chi connectivity index (χ0) is 23.0. The highest BCUT2D eigenvalue weighted by Gasteiger charge is 2.24. The number of rotatable bonds is 4. The van der Waals surface area contributed by atoms with E-state index in [1.165, 1.54) is 4.57 Å². The summed E-state index contributed by atoms with van der Waals surface area (Å²) in [5.74, 6) is -1.02. The number of fused-ring (bicyclic) bond motifs is 1. The second kappa shape index (κ2) is 8.67. The van der Waals surface area contributed by atoms with Crippen molar-refractivity contribution in [2.24, 2.45) is 7.05 Å². The molecule has 1 aromatic heterocycles. The number of para-hydroxylation sites is 1. The fourth-order valence-electron chi connectivity index (χ4n) is 4.44. The maximum absolute atomic E-state index is 13.2. The van der Waals surface area contributed by atoms with Gasteiger partial charge < -0.3 is 24.6 Å². The Labute approximate surface area is 187 Å². The summed E-state index contributed by atoms with van der Waals surface area (Å²) in [6.45, 7) is 7.64. The van der Waals surface area contributed by atoms with Crippen LogP contribution < -0.4 is 15.8 Å². The van der Waals surface area contributed by atoms with Crippen LogP contribution in [0.25, 0.3) is 10.9 Å². The van der Waals surface area contributed by atoms with Crippen LogP contribution in [0.1, 0.15) is 42.7 Å². The molecule has 2 aromatic carbocycles. The number of amides is 1. The first-order valence-corrected chi connectivity index (χ1v) is 10.9. The number of aryl methyl sites for hydroxylation is 1. The van der Waals surface area contributed by atoms with Crippen molar-refractivity contribution in [3.05, 3.63) is 70.0 Å². The number of nitrogens with zero attached hydrogens (tertiary/aromatic N) is 2. The molecule has 2 heterocycles. The van der Waals surface area contributed by atoms with Crippen LogP contribution in [-0.4, -0.2) is 40.9 Å². The van der Waals surface area contributed by atoms with Crippen molar-refractivity contribution in [1.29, 1.82) is 0 Å². The van der Waals surface area contributed by atoms with Crippen molar-refractivity contribution in [3.63, 3.8) is 0 Å². The van der Waals surface area contributed by atoms with Gasteiger partial charge in [0.1, 0.15) is 0 Å². The van der Waals surface area contributed by atoms with Gasteiger partial charge in [0.25, 0.3) is 11.5 Å². The summed E-state index contributed by atoms with van der Waals surface area (Å²) in [5, 5.41) is 14.0. The van der Waals surface area contributed by atoms with Crippen LogP contribution in [0, 0.1) is 0 Å². The van der Waals surface area contributed by atoms with Gasteiger partial charge in [0.15, 0.2) is 5.75 Å². The second-order valence-electron chi connectivity index (χ2n) is 8.56. The molecule has 0 radical (unpaired) electrons. The predicted octanol–water partition coefficient (Wildman–Crippen LogP) is 3.35. The highest BCUT2D eigenvalue weighted by Crippen LogP contribution is 2.27. The maximum Gasteiger partial charge on any atom is 0.293 e. The first kappa shape index (κ1) is 21.9. The molecule has 0 spiro atoms.